The van der Waals surface area contributed by atoms with E-state index < -0.39 is 5.60 Å². The van der Waals surface area contributed by atoms with Gasteiger partial charge in [-0.2, -0.15) is 15.3 Å². The molecular weight excluding hydrogens is 1120 g/mol. The van der Waals surface area contributed by atoms with Gasteiger partial charge in [-0.1, -0.05) is 54.6 Å². The molecular formula is C72H93N15O3. The summed E-state index contributed by atoms with van der Waals surface area (Å²) >= 11 is 0. The Morgan fingerprint density at radius 1 is 0.433 bits per heavy atom. The lowest BCUT2D eigenvalue weighted by molar-refractivity contribution is -0.00571. The van der Waals surface area contributed by atoms with Crippen molar-refractivity contribution in [2.75, 3.05) is 69.9 Å². The highest BCUT2D eigenvalue weighted by Gasteiger charge is 2.30. The molecule has 3 aliphatic heterocycles. The van der Waals surface area contributed by atoms with Crippen LogP contribution in [-0.2, 0) is 9.47 Å². The number of fused-ring (bicyclic) bond motifs is 3. The first-order valence-corrected chi connectivity index (χ1v) is 32.1. The predicted octanol–water partition coefficient (Wildman–Crippen LogP) is 13.9. The summed E-state index contributed by atoms with van der Waals surface area (Å²) in [5.74, 6) is 5.20. The quantitative estimate of drug-likeness (QED) is 0.0899. The normalized spacial score (nSPS) is 19.3. The number of anilines is 6. The Morgan fingerprint density at radius 2 is 0.722 bits per heavy atom. The van der Waals surface area contributed by atoms with Crippen molar-refractivity contribution >= 4 is 67.2 Å². The van der Waals surface area contributed by atoms with Crippen LogP contribution in [-0.4, -0.2) is 120 Å². The summed E-state index contributed by atoms with van der Waals surface area (Å²) in [5, 5.41) is 53.8. The van der Waals surface area contributed by atoms with E-state index >= 15 is 0 Å². The van der Waals surface area contributed by atoms with Crippen LogP contribution in [0.1, 0.15) is 154 Å². The first-order valence-electron chi connectivity index (χ1n) is 32.1. The number of piperidine rings is 1. The van der Waals surface area contributed by atoms with Crippen LogP contribution in [0.15, 0.2) is 91.4 Å². The number of nitrogens with zero attached hydrogens (tertiary/aromatic N) is 12. The molecule has 0 saturated carbocycles. The van der Waals surface area contributed by atoms with E-state index in [1.54, 1.807) is 0 Å². The molecule has 0 radical (unpaired) electrons. The van der Waals surface area contributed by atoms with Crippen LogP contribution in [0, 0.1) is 62.3 Å². The lowest BCUT2D eigenvalue weighted by Gasteiger charge is -2.36. The van der Waals surface area contributed by atoms with Gasteiger partial charge in [-0.15, -0.1) is 15.3 Å². The molecule has 474 valence electrons. The number of hydrogen-bond donors (Lipinski definition) is 4. The van der Waals surface area contributed by atoms with Gasteiger partial charge in [0.05, 0.1) is 65.2 Å². The number of aromatic nitrogens is 9. The molecule has 18 heteroatoms. The zero-order chi connectivity index (χ0) is 64.3. The molecule has 3 aromatic carbocycles. The zero-order valence-corrected chi connectivity index (χ0v) is 56.0. The minimum absolute atomic E-state index is 0.104. The van der Waals surface area contributed by atoms with E-state index in [9.17, 15) is 5.11 Å². The first-order chi connectivity index (χ1) is 42.9. The second-order valence-corrected chi connectivity index (χ2v) is 25.9. The molecule has 0 amide bonds. The maximum absolute atomic E-state index is 10.3. The minimum Gasteiger partial charge on any atom is -0.390 e. The highest BCUT2D eigenvalue weighted by Crippen LogP contribution is 2.36. The Bertz CT molecular complexity index is 3830. The van der Waals surface area contributed by atoms with Gasteiger partial charge in [-0.3, -0.25) is 0 Å². The van der Waals surface area contributed by atoms with Crippen molar-refractivity contribution < 1.29 is 14.6 Å². The zero-order valence-electron chi connectivity index (χ0n) is 56.0. The van der Waals surface area contributed by atoms with Crippen molar-refractivity contribution in [1.82, 2.24) is 45.5 Å². The fourth-order valence-electron chi connectivity index (χ4n) is 12.8. The molecule has 3 aliphatic rings. The number of ether oxygens (including phenoxy) is 2. The second-order valence-electron chi connectivity index (χ2n) is 25.9. The Labute approximate surface area is 532 Å². The minimum atomic E-state index is -0.580. The Balaban J connectivity index is 0.000000148. The van der Waals surface area contributed by atoms with E-state index in [1.807, 2.05) is 46.3 Å². The molecule has 12 rings (SSSR count). The van der Waals surface area contributed by atoms with Crippen molar-refractivity contribution in [2.45, 2.75) is 179 Å². The molecule has 9 heterocycles. The van der Waals surface area contributed by atoms with Crippen LogP contribution >= 0.6 is 0 Å². The average Bonchev–Trinajstić information content (AvgIpc) is 1.81. The maximum atomic E-state index is 10.3. The molecule has 9 aromatic rings. The molecule has 7 atom stereocenters. The SMILES string of the molecule is Cc1cccc([C@@H](C)Nc2nnc(C)c3cnc(N4CCC(C)(O)CC4)cc23)c1C.Cc1cccc([C@@H](C)Nc2nnc(C)c3cnc(N4C[C@@H](C)O[C@H](C)C4)cc23)c1C.Cc1cccc([C@@H](C)Nc2nnc(C)c3cnc(N4C[C@H](C)O[C@@H](C)C4)cc23)c1C. The third-order valence-electron chi connectivity index (χ3n) is 18.6. The van der Waals surface area contributed by atoms with E-state index in [4.69, 9.17) is 24.4 Å². The summed E-state index contributed by atoms with van der Waals surface area (Å²) in [6.07, 6.45) is 7.98. The molecule has 0 unspecified atom stereocenters. The molecule has 0 bridgehead atoms. The number of aryl methyl sites for hydroxylation is 6. The van der Waals surface area contributed by atoms with E-state index in [-0.39, 0.29) is 42.5 Å². The summed E-state index contributed by atoms with van der Waals surface area (Å²) in [7, 11) is 0. The van der Waals surface area contributed by atoms with Crippen LogP contribution in [0.5, 0.6) is 0 Å². The third-order valence-corrected chi connectivity index (χ3v) is 18.6. The molecule has 0 spiro atoms. The van der Waals surface area contributed by atoms with Gasteiger partial charge in [-0.25, -0.2) is 15.0 Å². The van der Waals surface area contributed by atoms with E-state index in [2.05, 4.69) is 224 Å². The largest absolute Gasteiger partial charge is 0.390 e. The highest BCUT2D eigenvalue weighted by atomic mass is 16.5. The Kier molecular flexibility index (Phi) is 19.8. The predicted molar refractivity (Wildman–Crippen MR) is 367 cm³/mol. The number of rotatable bonds is 12. The number of aliphatic hydroxyl groups is 1. The van der Waals surface area contributed by atoms with Crippen molar-refractivity contribution in [2.24, 2.45) is 0 Å². The van der Waals surface area contributed by atoms with E-state index in [0.29, 0.717) is 0 Å². The van der Waals surface area contributed by atoms with Gasteiger partial charge >= 0.3 is 0 Å². The fraction of sp³-hybridized carbons (Fsp3) is 0.458. The lowest BCUT2D eigenvalue weighted by atomic mass is 9.94. The topological polar surface area (TPSA) is 201 Å². The molecule has 0 aliphatic carbocycles. The van der Waals surface area contributed by atoms with E-state index in [1.165, 1.54) is 50.1 Å². The fourth-order valence-corrected chi connectivity index (χ4v) is 12.8. The average molecular weight is 1220 g/mol. The molecule has 4 N–H and O–H groups in total. The highest BCUT2D eigenvalue weighted by molar-refractivity contribution is 5.96. The first kappa shape index (κ1) is 64.8. The van der Waals surface area contributed by atoms with Gasteiger partial charge in [0.2, 0.25) is 0 Å². The summed E-state index contributed by atoms with van der Waals surface area (Å²) in [6.45, 7) is 40.6. The van der Waals surface area contributed by atoms with Crippen LogP contribution < -0.4 is 30.7 Å². The molecule has 6 aromatic heterocycles. The van der Waals surface area contributed by atoms with E-state index in [0.717, 1.165) is 136 Å². The second kappa shape index (κ2) is 27.5. The van der Waals surface area contributed by atoms with Gasteiger partial charge in [0, 0.05) is 90.2 Å². The number of morpholine rings is 2. The number of nitrogens with one attached hydrogen (secondary N) is 3. The van der Waals surface area contributed by atoms with Crippen molar-refractivity contribution in [3.8, 4) is 0 Å². The Hall–Kier alpha value is -8.19. The van der Waals surface area contributed by atoms with Gasteiger partial charge in [0.25, 0.3) is 0 Å². The van der Waals surface area contributed by atoms with Crippen LogP contribution in [0.3, 0.4) is 0 Å². The van der Waals surface area contributed by atoms with Crippen LogP contribution in [0.4, 0.5) is 34.9 Å². The van der Waals surface area contributed by atoms with Crippen molar-refractivity contribution in [1.29, 1.82) is 0 Å². The van der Waals surface area contributed by atoms with Gasteiger partial charge in [-0.05, 0) is 199 Å². The number of hydrogen-bond acceptors (Lipinski definition) is 18. The van der Waals surface area contributed by atoms with Gasteiger partial charge < -0.3 is 45.2 Å². The summed E-state index contributed by atoms with van der Waals surface area (Å²) < 4.78 is 11.8. The lowest BCUT2D eigenvalue weighted by Crippen LogP contribution is -2.45. The standard InChI is InChI=1S/3C24H31N5O/c2*1-14-8-7-9-20(17(14)4)18(5)26-24-21-10-23(25-11-22(21)19(6)27-28-24)29-12-15(2)30-16(3)13-29;1-15-7-6-8-19(16(15)2)17(3)26-23-20-13-22(25-14-21(20)18(4)27-28-23)29-11-9-24(5,30)10-12-29/h2*7-11,15-16,18H,12-13H2,1-6H3,(H,26,28);6-8,13-14,17,30H,9-12H2,1-5H3,(H,26,28)/t15-,16-,18+;15-,16-,18-;17-/m011/s1. The summed E-state index contributed by atoms with van der Waals surface area (Å²) in [4.78, 5) is 21.0. The van der Waals surface area contributed by atoms with Crippen molar-refractivity contribution in [3.05, 3.63) is 159 Å². The van der Waals surface area contributed by atoms with Gasteiger partial charge in [0.15, 0.2) is 17.5 Å². The monoisotopic (exact) mass is 1220 g/mol. The molecule has 90 heavy (non-hydrogen) atoms. The Morgan fingerprint density at radius 3 is 1.02 bits per heavy atom. The molecule has 3 saturated heterocycles. The maximum Gasteiger partial charge on any atom is 0.157 e. The third kappa shape index (κ3) is 14.7. The van der Waals surface area contributed by atoms with Crippen LogP contribution in [0.25, 0.3) is 32.3 Å². The number of pyridine rings is 3. The van der Waals surface area contributed by atoms with Gasteiger partial charge in [0.1, 0.15) is 17.5 Å². The van der Waals surface area contributed by atoms with Crippen molar-refractivity contribution in [3.63, 3.8) is 0 Å². The van der Waals surface area contributed by atoms with Crippen LogP contribution in [0.2, 0.25) is 0 Å². The summed E-state index contributed by atoms with van der Waals surface area (Å²) in [6, 6.07) is 26.0. The smallest absolute Gasteiger partial charge is 0.157 e. The number of benzene rings is 3. The summed E-state index contributed by atoms with van der Waals surface area (Å²) in [5.41, 5.74) is 13.7. The molecule has 3 fully saturated rings. The molecule has 18 nitrogen and oxygen atoms in total.